The molecule has 0 bridgehead atoms. The van der Waals surface area contributed by atoms with E-state index in [2.05, 4.69) is 70.9 Å². The summed E-state index contributed by atoms with van der Waals surface area (Å²) in [6.07, 6.45) is 12.8. The molecule has 0 radical (unpaired) electrons. The molecule has 2 nitrogen and oxygen atoms in total. The Morgan fingerprint density at radius 2 is 1.37 bits per heavy atom. The van der Waals surface area contributed by atoms with Crippen LogP contribution in [0.5, 0.6) is 0 Å². The molecule has 0 saturated carbocycles. The summed E-state index contributed by atoms with van der Waals surface area (Å²) < 4.78 is 0. The van der Waals surface area contributed by atoms with Crippen LogP contribution in [-0.2, 0) is 6.42 Å². The Kier molecular flexibility index (Phi) is 5.89. The van der Waals surface area contributed by atoms with Crippen molar-refractivity contribution in [1.82, 2.24) is 10.2 Å². The Labute approximate surface area is 210 Å². The van der Waals surface area contributed by atoms with Crippen LogP contribution < -0.4 is 0 Å². The molecule has 0 atom stereocenters. The van der Waals surface area contributed by atoms with Crippen LogP contribution in [0.1, 0.15) is 30.4 Å². The lowest BCUT2D eigenvalue weighted by atomic mass is 9.78. The molecule has 0 unspecified atom stereocenters. The second-order valence-corrected chi connectivity index (χ2v) is 9.46. The third kappa shape index (κ3) is 4.15. The van der Waals surface area contributed by atoms with Crippen molar-refractivity contribution in [2.24, 2.45) is 0 Å². The number of allylic oxidation sites excluding steroid dienone is 4. The van der Waals surface area contributed by atoms with Crippen LogP contribution in [0.25, 0.3) is 38.2 Å². The van der Waals surface area contributed by atoms with Gasteiger partial charge in [-0.25, -0.2) is 0 Å². The number of hydrogen-bond donors (Lipinski definition) is 0. The van der Waals surface area contributed by atoms with Crippen LogP contribution in [0, 0.1) is 0 Å². The molecule has 0 saturated heterocycles. The number of hydrogen-bond acceptors (Lipinski definition) is 2. The van der Waals surface area contributed by atoms with Gasteiger partial charge in [-0.2, -0.15) is 10.2 Å². The zero-order valence-corrected chi connectivity index (χ0v) is 20.2. The topological polar surface area (TPSA) is 25.8 Å². The lowest BCUT2D eigenvalue weighted by molar-refractivity contribution is 0.831. The first-order valence-corrected chi connectivity index (χ1v) is 12.5. The molecule has 0 fully saturated rings. The number of halogens is 1. The van der Waals surface area contributed by atoms with Gasteiger partial charge >= 0.3 is 0 Å². The highest BCUT2D eigenvalue weighted by atomic mass is 35.5. The van der Waals surface area contributed by atoms with Crippen molar-refractivity contribution in [1.29, 1.82) is 0 Å². The molecule has 0 spiro atoms. The fraction of sp³-hybridized carbons (Fsp3) is 0.125. The van der Waals surface area contributed by atoms with Crippen LogP contribution in [0.4, 0.5) is 0 Å². The minimum atomic E-state index is 0.844. The van der Waals surface area contributed by atoms with E-state index in [1.54, 1.807) is 18.0 Å². The number of fused-ring (bicyclic) bond motifs is 5. The number of aromatic nitrogens is 2. The van der Waals surface area contributed by atoms with Crippen molar-refractivity contribution < 1.29 is 0 Å². The summed E-state index contributed by atoms with van der Waals surface area (Å²) in [5.74, 6) is 0. The first kappa shape index (κ1) is 21.8. The van der Waals surface area contributed by atoms with Crippen molar-refractivity contribution in [3.05, 3.63) is 125 Å². The Hall–Kier alpha value is -3.75. The monoisotopic (exact) mass is 472 g/mol. The van der Waals surface area contributed by atoms with Crippen LogP contribution in [0.3, 0.4) is 0 Å². The zero-order valence-electron chi connectivity index (χ0n) is 19.4. The molecular formula is C32H25ClN2. The van der Waals surface area contributed by atoms with Gasteiger partial charge in [-0.05, 0) is 65.0 Å². The van der Waals surface area contributed by atoms with E-state index >= 15 is 0 Å². The number of nitrogens with zero attached hydrogens (tertiary/aromatic N) is 2. The highest BCUT2D eigenvalue weighted by Gasteiger charge is 2.22. The van der Waals surface area contributed by atoms with Gasteiger partial charge in [0.15, 0.2) is 0 Å². The second kappa shape index (κ2) is 9.48. The van der Waals surface area contributed by atoms with Gasteiger partial charge in [-0.1, -0.05) is 102 Å². The van der Waals surface area contributed by atoms with E-state index in [0.29, 0.717) is 0 Å². The molecule has 7 rings (SSSR count). The van der Waals surface area contributed by atoms with Crippen molar-refractivity contribution in [2.75, 3.05) is 0 Å². The van der Waals surface area contributed by atoms with Crippen molar-refractivity contribution in [3.8, 4) is 11.1 Å². The van der Waals surface area contributed by atoms with Gasteiger partial charge < -0.3 is 0 Å². The van der Waals surface area contributed by atoms with Gasteiger partial charge in [-0.15, -0.1) is 0 Å². The molecule has 5 aromatic rings. The van der Waals surface area contributed by atoms with E-state index in [-0.39, 0.29) is 0 Å². The first-order valence-electron chi connectivity index (χ1n) is 12.1. The molecule has 0 aliphatic heterocycles. The van der Waals surface area contributed by atoms with Crippen LogP contribution in [-0.4, -0.2) is 10.2 Å². The molecular weight excluding hydrogens is 448 g/mol. The van der Waals surface area contributed by atoms with E-state index < -0.39 is 0 Å². The number of rotatable bonds is 1. The molecule has 1 aromatic heterocycles. The lowest BCUT2D eigenvalue weighted by Crippen LogP contribution is -2.07. The van der Waals surface area contributed by atoms with E-state index in [9.17, 15) is 0 Å². The summed E-state index contributed by atoms with van der Waals surface area (Å²) in [6.45, 7) is 0. The maximum atomic E-state index is 6.57. The van der Waals surface area contributed by atoms with Crippen molar-refractivity contribution >= 4 is 38.7 Å². The van der Waals surface area contributed by atoms with E-state index in [4.69, 9.17) is 11.6 Å². The van der Waals surface area contributed by atoms with Gasteiger partial charge in [0.1, 0.15) is 0 Å². The first-order chi connectivity index (χ1) is 17.3. The Morgan fingerprint density at radius 1 is 0.657 bits per heavy atom. The van der Waals surface area contributed by atoms with E-state index in [1.165, 1.54) is 57.9 Å². The fourth-order valence-corrected chi connectivity index (χ4v) is 5.54. The Morgan fingerprint density at radius 3 is 2.14 bits per heavy atom. The predicted molar refractivity (Wildman–Crippen MR) is 148 cm³/mol. The van der Waals surface area contributed by atoms with E-state index in [1.807, 2.05) is 30.3 Å². The highest BCUT2D eigenvalue weighted by Crippen LogP contribution is 2.44. The SMILES string of the molecule is Clc1ccc(-c2ccccc2)c2c3c(ccc12)C1=C(CCC=C1)CC3.c1ccc2cnncc2c1. The quantitative estimate of drug-likeness (QED) is 0.243. The molecule has 0 N–H and O–H groups in total. The molecule has 0 amide bonds. The standard InChI is InChI=1S/C24H19Cl.C8H6N2/c25-23-15-14-19(16-6-2-1-3-7-16)24-21-11-10-17-8-4-5-9-18(17)20(21)12-13-22(23)24;1-2-4-8-6-10-9-5-7(8)3-1/h1-3,5-7,9,12-15H,4,8,10-11H2;1-6H. The van der Waals surface area contributed by atoms with Crippen LogP contribution in [0.15, 0.2) is 109 Å². The second-order valence-electron chi connectivity index (χ2n) is 9.05. The fourth-order valence-electron chi connectivity index (χ4n) is 5.32. The molecule has 35 heavy (non-hydrogen) atoms. The van der Waals surface area contributed by atoms with Gasteiger partial charge in [0.2, 0.25) is 0 Å². The zero-order chi connectivity index (χ0) is 23.6. The molecule has 2 aliphatic carbocycles. The van der Waals surface area contributed by atoms with Crippen molar-refractivity contribution in [3.63, 3.8) is 0 Å². The maximum Gasteiger partial charge on any atom is 0.0574 e. The predicted octanol–water partition coefficient (Wildman–Crippen LogP) is 8.84. The van der Waals surface area contributed by atoms with E-state index in [0.717, 1.165) is 22.2 Å². The lowest BCUT2D eigenvalue weighted by Gasteiger charge is -2.26. The minimum absolute atomic E-state index is 0.844. The number of benzene rings is 4. The van der Waals surface area contributed by atoms with Gasteiger partial charge in [0.05, 0.1) is 12.4 Å². The Balaban J connectivity index is 0.000000191. The third-order valence-corrected chi connectivity index (χ3v) is 7.35. The minimum Gasteiger partial charge on any atom is -0.158 e. The smallest absolute Gasteiger partial charge is 0.0574 e. The molecule has 170 valence electrons. The maximum absolute atomic E-state index is 6.57. The van der Waals surface area contributed by atoms with Gasteiger partial charge in [0, 0.05) is 21.2 Å². The summed E-state index contributed by atoms with van der Waals surface area (Å²) in [5, 5.41) is 13.1. The van der Waals surface area contributed by atoms with Crippen molar-refractivity contribution in [2.45, 2.75) is 25.7 Å². The summed E-state index contributed by atoms with van der Waals surface area (Å²) in [7, 11) is 0. The Bertz CT molecular complexity index is 1530. The highest BCUT2D eigenvalue weighted by molar-refractivity contribution is 6.36. The van der Waals surface area contributed by atoms with Gasteiger partial charge in [-0.3, -0.25) is 0 Å². The molecule has 4 aromatic carbocycles. The van der Waals surface area contributed by atoms with Gasteiger partial charge in [0.25, 0.3) is 0 Å². The summed E-state index contributed by atoms with van der Waals surface area (Å²) in [5.41, 5.74) is 8.50. The third-order valence-electron chi connectivity index (χ3n) is 7.02. The largest absolute Gasteiger partial charge is 0.158 e. The average molecular weight is 473 g/mol. The molecule has 1 heterocycles. The summed E-state index contributed by atoms with van der Waals surface area (Å²) in [4.78, 5) is 0. The molecule has 3 heteroatoms. The normalized spacial score (nSPS) is 14.3. The number of aryl methyl sites for hydroxylation is 1. The summed E-state index contributed by atoms with van der Waals surface area (Å²) >= 11 is 6.57. The molecule has 2 aliphatic rings. The van der Waals surface area contributed by atoms with Crippen LogP contribution in [0.2, 0.25) is 5.02 Å². The summed E-state index contributed by atoms with van der Waals surface area (Å²) in [6, 6.07) is 27.4. The average Bonchev–Trinajstić information content (AvgIpc) is 2.94. The van der Waals surface area contributed by atoms with Crippen LogP contribution >= 0.6 is 11.6 Å².